The summed E-state index contributed by atoms with van der Waals surface area (Å²) in [4.78, 5) is 1.28. The van der Waals surface area contributed by atoms with Crippen molar-refractivity contribution >= 4 is 33.9 Å². The summed E-state index contributed by atoms with van der Waals surface area (Å²) in [5, 5.41) is 14.5. The topological polar surface area (TPSA) is 30.7 Å². The van der Waals surface area contributed by atoms with Gasteiger partial charge in [0.15, 0.2) is 11.0 Å². The summed E-state index contributed by atoms with van der Waals surface area (Å²) in [7, 11) is 0. The number of nitrogens with zero attached hydrogens (tertiary/aromatic N) is 3. The minimum atomic E-state index is 0.703. The van der Waals surface area contributed by atoms with E-state index in [4.69, 9.17) is 0 Å². The SMILES string of the molecule is C=CCn1c(SCc2cccc3ccccc23)nnc1-c1csc(C)c1. The number of fused-ring (bicyclic) bond motifs is 1. The Balaban J connectivity index is 1.64. The number of benzene rings is 2. The lowest BCUT2D eigenvalue weighted by Crippen LogP contribution is -2.00. The van der Waals surface area contributed by atoms with Crippen molar-refractivity contribution in [3.05, 3.63) is 77.0 Å². The van der Waals surface area contributed by atoms with Gasteiger partial charge in [0.1, 0.15) is 0 Å². The van der Waals surface area contributed by atoms with Crippen molar-refractivity contribution in [3.8, 4) is 11.4 Å². The Morgan fingerprint density at radius 1 is 1.15 bits per heavy atom. The highest BCUT2D eigenvalue weighted by Crippen LogP contribution is 2.30. The van der Waals surface area contributed by atoms with Crippen molar-refractivity contribution in [2.24, 2.45) is 0 Å². The third kappa shape index (κ3) is 3.32. The lowest BCUT2D eigenvalue weighted by Gasteiger charge is -2.08. The maximum atomic E-state index is 4.45. The zero-order valence-corrected chi connectivity index (χ0v) is 16.2. The van der Waals surface area contributed by atoms with Crippen molar-refractivity contribution in [2.75, 3.05) is 0 Å². The van der Waals surface area contributed by atoms with Gasteiger partial charge in [0.05, 0.1) is 0 Å². The average molecular weight is 378 g/mol. The predicted molar refractivity (Wildman–Crippen MR) is 112 cm³/mol. The summed E-state index contributed by atoms with van der Waals surface area (Å²) >= 11 is 3.46. The second-order valence-corrected chi connectivity index (χ2v) is 8.14. The van der Waals surface area contributed by atoms with Gasteiger partial charge in [-0.1, -0.05) is 60.3 Å². The van der Waals surface area contributed by atoms with Gasteiger partial charge in [-0.2, -0.15) is 0 Å². The van der Waals surface area contributed by atoms with Crippen LogP contribution in [-0.4, -0.2) is 14.8 Å². The molecule has 0 aliphatic heterocycles. The lowest BCUT2D eigenvalue weighted by atomic mass is 10.1. The highest BCUT2D eigenvalue weighted by Gasteiger charge is 2.15. The van der Waals surface area contributed by atoms with Gasteiger partial charge in [-0.15, -0.1) is 28.1 Å². The van der Waals surface area contributed by atoms with E-state index in [1.165, 1.54) is 21.2 Å². The van der Waals surface area contributed by atoms with Gasteiger partial charge in [0.2, 0.25) is 0 Å². The van der Waals surface area contributed by atoms with Crippen LogP contribution >= 0.6 is 23.1 Å². The molecule has 0 saturated heterocycles. The number of hydrogen-bond donors (Lipinski definition) is 0. The molecule has 2 aromatic carbocycles. The fraction of sp³-hybridized carbons (Fsp3) is 0.143. The normalized spacial score (nSPS) is 11.1. The van der Waals surface area contributed by atoms with Crippen molar-refractivity contribution in [1.82, 2.24) is 14.8 Å². The van der Waals surface area contributed by atoms with E-state index in [0.29, 0.717) is 6.54 Å². The molecule has 0 bridgehead atoms. The standard InChI is InChI=1S/C21H19N3S2/c1-3-11-24-20(18-12-15(2)25-14-18)22-23-21(24)26-13-17-9-6-8-16-7-4-5-10-19(16)17/h3-10,12,14H,1,11,13H2,2H3. The fourth-order valence-electron chi connectivity index (χ4n) is 3.02. The van der Waals surface area contributed by atoms with Crippen LogP contribution in [0.1, 0.15) is 10.4 Å². The maximum absolute atomic E-state index is 4.45. The largest absolute Gasteiger partial charge is 0.298 e. The molecular formula is C21H19N3S2. The Morgan fingerprint density at radius 2 is 2.00 bits per heavy atom. The van der Waals surface area contributed by atoms with Gasteiger partial charge in [-0.05, 0) is 29.3 Å². The molecule has 0 aliphatic rings. The van der Waals surface area contributed by atoms with Crippen LogP contribution in [0.15, 0.2) is 71.7 Å². The maximum Gasteiger partial charge on any atom is 0.192 e. The number of thiophene rings is 1. The first-order valence-corrected chi connectivity index (χ1v) is 10.3. The molecule has 130 valence electrons. The molecule has 2 heterocycles. The van der Waals surface area contributed by atoms with E-state index < -0.39 is 0 Å². The van der Waals surface area contributed by atoms with Crippen LogP contribution in [0.3, 0.4) is 0 Å². The van der Waals surface area contributed by atoms with Crippen molar-refractivity contribution in [3.63, 3.8) is 0 Å². The zero-order valence-electron chi connectivity index (χ0n) is 14.6. The molecule has 0 atom stereocenters. The summed E-state index contributed by atoms with van der Waals surface area (Å²) in [5.74, 6) is 1.77. The molecule has 0 aliphatic carbocycles. The number of hydrogen-bond acceptors (Lipinski definition) is 4. The Bertz CT molecular complexity index is 1060. The fourth-order valence-corrected chi connectivity index (χ4v) is 4.66. The lowest BCUT2D eigenvalue weighted by molar-refractivity contribution is 0.731. The Labute approximate surface area is 161 Å². The third-order valence-corrected chi connectivity index (χ3v) is 6.13. The molecule has 4 rings (SSSR count). The first-order valence-electron chi connectivity index (χ1n) is 8.45. The first kappa shape index (κ1) is 17.1. The number of allylic oxidation sites excluding steroid dienone is 1. The summed E-state index contributed by atoms with van der Waals surface area (Å²) in [5.41, 5.74) is 2.44. The second-order valence-electron chi connectivity index (χ2n) is 6.08. The minimum absolute atomic E-state index is 0.703. The molecule has 2 aromatic heterocycles. The summed E-state index contributed by atoms with van der Waals surface area (Å²) in [6.45, 7) is 6.71. The predicted octanol–water partition coefficient (Wildman–Crippen LogP) is 5.95. The van der Waals surface area contributed by atoms with E-state index in [1.54, 1.807) is 23.1 Å². The Kier molecular flexibility index (Phi) is 4.91. The van der Waals surface area contributed by atoms with Crippen molar-refractivity contribution in [1.29, 1.82) is 0 Å². The van der Waals surface area contributed by atoms with Crippen LogP contribution in [0.4, 0.5) is 0 Å². The Morgan fingerprint density at radius 3 is 2.81 bits per heavy atom. The monoisotopic (exact) mass is 377 g/mol. The highest BCUT2D eigenvalue weighted by molar-refractivity contribution is 7.98. The molecule has 4 aromatic rings. The molecule has 0 radical (unpaired) electrons. The van der Waals surface area contributed by atoms with Crippen LogP contribution in [0, 0.1) is 6.92 Å². The second kappa shape index (κ2) is 7.48. The molecule has 0 saturated carbocycles. The Hall–Kier alpha value is -2.37. The molecule has 0 unspecified atom stereocenters. The smallest absolute Gasteiger partial charge is 0.192 e. The molecular weight excluding hydrogens is 358 g/mol. The van der Waals surface area contributed by atoms with Gasteiger partial charge < -0.3 is 0 Å². The van der Waals surface area contributed by atoms with Crippen molar-refractivity contribution in [2.45, 2.75) is 24.4 Å². The molecule has 0 fully saturated rings. The summed E-state index contributed by atoms with van der Waals surface area (Å²) < 4.78 is 2.14. The summed E-state index contributed by atoms with van der Waals surface area (Å²) in [6.07, 6.45) is 1.90. The summed E-state index contributed by atoms with van der Waals surface area (Å²) in [6, 6.07) is 17.1. The minimum Gasteiger partial charge on any atom is -0.298 e. The first-order chi connectivity index (χ1) is 12.8. The van der Waals surface area contributed by atoms with E-state index in [0.717, 1.165) is 22.3 Å². The molecule has 0 spiro atoms. The molecule has 3 nitrogen and oxygen atoms in total. The molecule has 26 heavy (non-hydrogen) atoms. The van der Waals surface area contributed by atoms with Gasteiger partial charge in [-0.3, -0.25) is 4.57 Å². The van der Waals surface area contributed by atoms with Gasteiger partial charge in [-0.25, -0.2) is 0 Å². The van der Waals surface area contributed by atoms with E-state index in [2.05, 4.69) is 82.2 Å². The molecule has 0 amide bonds. The van der Waals surface area contributed by atoms with E-state index in [9.17, 15) is 0 Å². The third-order valence-electron chi connectivity index (χ3n) is 4.25. The number of aryl methyl sites for hydroxylation is 1. The van der Waals surface area contributed by atoms with Crippen molar-refractivity contribution < 1.29 is 0 Å². The van der Waals surface area contributed by atoms with Gasteiger partial charge in [0.25, 0.3) is 0 Å². The number of thioether (sulfide) groups is 1. The zero-order chi connectivity index (χ0) is 17.9. The van der Waals surface area contributed by atoms with Crippen LogP contribution in [-0.2, 0) is 12.3 Å². The molecule has 0 N–H and O–H groups in total. The van der Waals surface area contributed by atoms with Crippen LogP contribution in [0.25, 0.3) is 22.2 Å². The van der Waals surface area contributed by atoms with Crippen LogP contribution in [0.5, 0.6) is 0 Å². The average Bonchev–Trinajstić information content (AvgIpc) is 3.26. The van der Waals surface area contributed by atoms with Gasteiger partial charge in [0, 0.05) is 28.1 Å². The number of aromatic nitrogens is 3. The van der Waals surface area contributed by atoms with E-state index in [1.807, 2.05) is 6.08 Å². The molecule has 5 heteroatoms. The highest BCUT2D eigenvalue weighted by atomic mass is 32.2. The van der Waals surface area contributed by atoms with E-state index >= 15 is 0 Å². The van der Waals surface area contributed by atoms with E-state index in [-0.39, 0.29) is 0 Å². The quantitative estimate of drug-likeness (QED) is 0.307. The van der Waals surface area contributed by atoms with Crippen LogP contribution < -0.4 is 0 Å². The van der Waals surface area contributed by atoms with Crippen LogP contribution in [0.2, 0.25) is 0 Å². The van der Waals surface area contributed by atoms with Gasteiger partial charge >= 0.3 is 0 Å². The number of rotatable bonds is 6.